The van der Waals surface area contributed by atoms with Crippen molar-refractivity contribution in [2.75, 3.05) is 13.2 Å². The molecule has 0 aliphatic carbocycles. The van der Waals surface area contributed by atoms with Gasteiger partial charge >= 0.3 is 6.03 Å². The average molecular weight is 305 g/mol. The monoisotopic (exact) mass is 305 g/mol. The van der Waals surface area contributed by atoms with E-state index >= 15 is 0 Å². The summed E-state index contributed by atoms with van der Waals surface area (Å²) in [6, 6.07) is 9.65. The Hall–Kier alpha value is -1.92. The molecule has 2 aromatic rings. The molecule has 0 spiro atoms. The van der Waals surface area contributed by atoms with Crippen LogP contribution in [0.3, 0.4) is 0 Å². The number of hydrogen-bond acceptors (Lipinski definition) is 4. The summed E-state index contributed by atoms with van der Waals surface area (Å²) >= 11 is 1.51. The van der Waals surface area contributed by atoms with E-state index in [1.54, 1.807) is 5.51 Å². The highest BCUT2D eigenvalue weighted by molar-refractivity contribution is 7.07. The van der Waals surface area contributed by atoms with Crippen LogP contribution in [0.1, 0.15) is 24.3 Å². The molecule has 1 heterocycles. The van der Waals surface area contributed by atoms with E-state index < -0.39 is 0 Å². The number of amides is 2. The van der Waals surface area contributed by atoms with E-state index in [0.717, 1.165) is 11.3 Å². The summed E-state index contributed by atoms with van der Waals surface area (Å²) in [6.07, 6.45) is -0.138. The van der Waals surface area contributed by atoms with Gasteiger partial charge in [0.05, 0.1) is 23.9 Å². The van der Waals surface area contributed by atoms with Crippen molar-refractivity contribution in [1.82, 2.24) is 15.6 Å². The van der Waals surface area contributed by atoms with Crippen LogP contribution in [0, 0.1) is 0 Å². The first-order valence-electron chi connectivity index (χ1n) is 6.85. The fraction of sp³-hybridized carbons (Fsp3) is 0.333. The van der Waals surface area contributed by atoms with E-state index in [9.17, 15) is 4.79 Å². The van der Waals surface area contributed by atoms with Crippen LogP contribution in [0.15, 0.2) is 41.2 Å². The van der Waals surface area contributed by atoms with Gasteiger partial charge in [0.25, 0.3) is 0 Å². The first-order chi connectivity index (χ1) is 10.3. The zero-order chi connectivity index (χ0) is 14.9. The summed E-state index contributed by atoms with van der Waals surface area (Å²) in [5.74, 6) is 0. The van der Waals surface area contributed by atoms with E-state index in [2.05, 4.69) is 15.6 Å². The smallest absolute Gasteiger partial charge is 0.315 e. The second-order valence-corrected chi connectivity index (χ2v) is 5.12. The number of benzene rings is 1. The summed E-state index contributed by atoms with van der Waals surface area (Å²) in [6.45, 7) is 3.40. The van der Waals surface area contributed by atoms with Crippen LogP contribution in [0.25, 0.3) is 0 Å². The Labute approximate surface area is 128 Å². The first kappa shape index (κ1) is 15.5. The van der Waals surface area contributed by atoms with Crippen molar-refractivity contribution in [3.8, 4) is 0 Å². The molecule has 2 N–H and O–H groups in total. The Balaban J connectivity index is 1.80. The average Bonchev–Trinajstić information content (AvgIpc) is 3.03. The van der Waals surface area contributed by atoms with Gasteiger partial charge in [0.2, 0.25) is 0 Å². The number of hydrogen-bond donors (Lipinski definition) is 2. The fourth-order valence-corrected chi connectivity index (χ4v) is 2.44. The lowest BCUT2D eigenvalue weighted by Crippen LogP contribution is -2.38. The molecule has 1 atom stereocenters. The number of urea groups is 1. The molecule has 112 valence electrons. The Kier molecular flexibility index (Phi) is 6.18. The Morgan fingerprint density at radius 3 is 2.81 bits per heavy atom. The van der Waals surface area contributed by atoms with Gasteiger partial charge in [-0.3, -0.25) is 0 Å². The summed E-state index contributed by atoms with van der Waals surface area (Å²) in [5, 5.41) is 7.51. The second-order valence-electron chi connectivity index (χ2n) is 4.40. The maximum atomic E-state index is 11.8. The van der Waals surface area contributed by atoms with E-state index in [1.165, 1.54) is 11.3 Å². The van der Waals surface area contributed by atoms with Crippen LogP contribution >= 0.6 is 11.3 Å². The molecule has 2 amide bonds. The Bertz CT molecular complexity index is 531. The number of aromatic nitrogens is 1. The van der Waals surface area contributed by atoms with Crippen LogP contribution in [-0.2, 0) is 11.3 Å². The van der Waals surface area contributed by atoms with Crippen LogP contribution < -0.4 is 10.6 Å². The van der Waals surface area contributed by atoms with Crippen LogP contribution in [0.2, 0.25) is 0 Å². The third-order valence-electron chi connectivity index (χ3n) is 2.90. The quantitative estimate of drug-likeness (QED) is 0.826. The molecule has 0 radical (unpaired) electrons. The summed E-state index contributed by atoms with van der Waals surface area (Å²) in [7, 11) is 0. The molecule has 21 heavy (non-hydrogen) atoms. The van der Waals surface area contributed by atoms with E-state index in [1.807, 2.05) is 42.6 Å². The largest absolute Gasteiger partial charge is 0.372 e. The van der Waals surface area contributed by atoms with Crippen molar-refractivity contribution in [2.45, 2.75) is 19.6 Å². The van der Waals surface area contributed by atoms with Gasteiger partial charge in [0.15, 0.2) is 0 Å². The van der Waals surface area contributed by atoms with Crippen molar-refractivity contribution in [2.24, 2.45) is 0 Å². The lowest BCUT2D eigenvalue weighted by molar-refractivity contribution is 0.0639. The molecule has 6 heteroatoms. The molecular formula is C15H19N3O2S. The lowest BCUT2D eigenvalue weighted by Gasteiger charge is -2.18. The highest BCUT2D eigenvalue weighted by Gasteiger charge is 2.12. The number of rotatable bonds is 7. The van der Waals surface area contributed by atoms with Gasteiger partial charge in [-0.05, 0) is 12.5 Å². The minimum Gasteiger partial charge on any atom is -0.372 e. The number of nitrogens with zero attached hydrogens (tertiary/aromatic N) is 1. The molecule has 1 aromatic heterocycles. The predicted molar refractivity (Wildman–Crippen MR) is 83.2 cm³/mol. The highest BCUT2D eigenvalue weighted by atomic mass is 32.1. The minimum atomic E-state index is -0.219. The number of thiazole rings is 1. The maximum Gasteiger partial charge on any atom is 0.315 e. The van der Waals surface area contributed by atoms with Crippen LogP contribution in [0.5, 0.6) is 0 Å². The first-order valence-corrected chi connectivity index (χ1v) is 7.79. The van der Waals surface area contributed by atoms with Gasteiger partial charge in [-0.1, -0.05) is 30.3 Å². The minimum absolute atomic E-state index is 0.138. The van der Waals surface area contributed by atoms with Crippen molar-refractivity contribution in [3.05, 3.63) is 52.5 Å². The molecule has 1 unspecified atom stereocenters. The van der Waals surface area contributed by atoms with Gasteiger partial charge in [0.1, 0.15) is 0 Å². The van der Waals surface area contributed by atoms with E-state index in [0.29, 0.717) is 19.7 Å². The molecule has 2 rings (SSSR count). The molecular weight excluding hydrogens is 286 g/mol. The summed E-state index contributed by atoms with van der Waals surface area (Å²) < 4.78 is 5.68. The Morgan fingerprint density at radius 1 is 1.33 bits per heavy atom. The van der Waals surface area contributed by atoms with E-state index in [4.69, 9.17) is 4.74 Å². The SMILES string of the molecule is CCOC(CNC(=O)NCc1cscn1)c1ccccc1. The van der Waals surface area contributed by atoms with Gasteiger partial charge in [-0.25, -0.2) is 9.78 Å². The Morgan fingerprint density at radius 2 is 2.14 bits per heavy atom. The summed E-state index contributed by atoms with van der Waals surface area (Å²) in [4.78, 5) is 15.9. The normalized spacial score (nSPS) is 11.9. The number of carbonyl (C=O) groups is 1. The number of ether oxygens (including phenoxy) is 1. The zero-order valence-electron chi connectivity index (χ0n) is 11.9. The van der Waals surface area contributed by atoms with Crippen molar-refractivity contribution < 1.29 is 9.53 Å². The summed E-state index contributed by atoms with van der Waals surface area (Å²) in [5.41, 5.74) is 3.66. The number of nitrogens with one attached hydrogen (secondary N) is 2. The van der Waals surface area contributed by atoms with Gasteiger partial charge in [0, 0.05) is 18.5 Å². The predicted octanol–water partition coefficient (Wildman–Crippen LogP) is 2.72. The van der Waals surface area contributed by atoms with Gasteiger partial charge in [-0.15, -0.1) is 11.3 Å². The fourth-order valence-electron chi connectivity index (χ4n) is 1.89. The molecule has 0 saturated heterocycles. The standard InChI is InChI=1S/C15H19N3O2S/c1-2-20-14(12-6-4-3-5-7-12)9-17-15(19)16-8-13-10-21-11-18-13/h3-7,10-11,14H,2,8-9H2,1H3,(H2,16,17,19). The molecule has 1 aromatic carbocycles. The molecule has 5 nitrogen and oxygen atoms in total. The molecule has 0 aliphatic heterocycles. The van der Waals surface area contributed by atoms with Crippen LogP contribution in [0.4, 0.5) is 4.79 Å². The third-order valence-corrected chi connectivity index (χ3v) is 3.54. The van der Waals surface area contributed by atoms with Gasteiger partial charge < -0.3 is 15.4 Å². The van der Waals surface area contributed by atoms with Crippen molar-refractivity contribution in [3.63, 3.8) is 0 Å². The second kappa shape index (κ2) is 8.39. The van der Waals surface area contributed by atoms with Gasteiger partial charge in [-0.2, -0.15) is 0 Å². The molecule has 0 aliphatic rings. The lowest BCUT2D eigenvalue weighted by atomic mass is 10.1. The van der Waals surface area contributed by atoms with Crippen LogP contribution in [-0.4, -0.2) is 24.2 Å². The third kappa shape index (κ3) is 5.17. The molecule has 0 saturated carbocycles. The van der Waals surface area contributed by atoms with E-state index in [-0.39, 0.29) is 12.1 Å². The molecule has 0 bridgehead atoms. The highest BCUT2D eigenvalue weighted by Crippen LogP contribution is 2.15. The van der Waals surface area contributed by atoms with Crippen molar-refractivity contribution in [1.29, 1.82) is 0 Å². The molecule has 0 fully saturated rings. The topological polar surface area (TPSA) is 63.2 Å². The maximum absolute atomic E-state index is 11.8. The zero-order valence-corrected chi connectivity index (χ0v) is 12.7. The van der Waals surface area contributed by atoms with Crippen molar-refractivity contribution >= 4 is 17.4 Å². The number of carbonyl (C=O) groups excluding carboxylic acids is 1.